The number of fused-ring (bicyclic) bond motifs is 1. The number of benzene rings is 1. The summed E-state index contributed by atoms with van der Waals surface area (Å²) in [5, 5.41) is 0. The molecule has 3 rings (SSSR count). The molecule has 1 atom stereocenters. The summed E-state index contributed by atoms with van der Waals surface area (Å²) in [4.78, 5) is 5.06. The lowest BCUT2D eigenvalue weighted by molar-refractivity contribution is 0.247. The van der Waals surface area contributed by atoms with Crippen molar-refractivity contribution in [3.8, 4) is 0 Å². The summed E-state index contributed by atoms with van der Waals surface area (Å²) in [6, 6.07) is 7.08. The van der Waals surface area contributed by atoms with Gasteiger partial charge in [-0.25, -0.2) is 0 Å². The van der Waals surface area contributed by atoms with Crippen LogP contribution in [0.2, 0.25) is 0 Å². The molecule has 1 saturated heterocycles. The number of nitrogens with zero attached hydrogens (tertiary/aromatic N) is 2. The van der Waals surface area contributed by atoms with Gasteiger partial charge in [0.2, 0.25) is 0 Å². The van der Waals surface area contributed by atoms with Gasteiger partial charge in [0.1, 0.15) is 0 Å². The zero-order chi connectivity index (χ0) is 14.7. The van der Waals surface area contributed by atoms with Crippen LogP contribution in [0.5, 0.6) is 0 Å². The summed E-state index contributed by atoms with van der Waals surface area (Å²) in [6.45, 7) is 5.45. The first kappa shape index (κ1) is 15.2. The number of hydrogen-bond donors (Lipinski definition) is 2. The topological polar surface area (TPSA) is 32.5 Å². The van der Waals surface area contributed by atoms with Crippen molar-refractivity contribution in [2.75, 3.05) is 43.4 Å². The van der Waals surface area contributed by atoms with Gasteiger partial charge in [-0.2, -0.15) is 12.6 Å². The van der Waals surface area contributed by atoms with E-state index in [1.165, 1.54) is 31.4 Å². The number of nitrogens with two attached hydrogens (primary N) is 1. The summed E-state index contributed by atoms with van der Waals surface area (Å²) in [5.41, 5.74) is 10.7. The molecule has 0 aromatic heterocycles. The quantitative estimate of drug-likeness (QED) is 0.834. The lowest BCUT2D eigenvalue weighted by Crippen LogP contribution is -2.50. The van der Waals surface area contributed by atoms with Gasteiger partial charge < -0.3 is 10.6 Å². The van der Waals surface area contributed by atoms with Crippen LogP contribution < -0.4 is 10.6 Å². The van der Waals surface area contributed by atoms with Crippen molar-refractivity contribution in [2.24, 2.45) is 5.73 Å². The number of rotatable bonds is 4. The third kappa shape index (κ3) is 3.55. The van der Waals surface area contributed by atoms with Crippen LogP contribution in [-0.4, -0.2) is 49.4 Å². The standard InChI is InChI=1S/C17H27N3S/c18-15(13-21)12-19-8-10-20(11-9-19)17-7-3-5-14-4-1-2-6-16(14)17/h3,5,7,15,21H,1-2,4,6,8-13,18H2. The maximum Gasteiger partial charge on any atom is 0.0402 e. The Labute approximate surface area is 133 Å². The average Bonchev–Trinajstić information content (AvgIpc) is 2.55. The van der Waals surface area contributed by atoms with Gasteiger partial charge >= 0.3 is 0 Å². The van der Waals surface area contributed by atoms with Crippen LogP contribution in [-0.2, 0) is 12.8 Å². The number of aryl methyl sites for hydroxylation is 1. The second-order valence-electron chi connectivity index (χ2n) is 6.35. The van der Waals surface area contributed by atoms with E-state index in [1.54, 1.807) is 11.1 Å². The zero-order valence-corrected chi connectivity index (χ0v) is 13.7. The molecule has 1 heterocycles. The molecule has 21 heavy (non-hydrogen) atoms. The van der Waals surface area contributed by atoms with Gasteiger partial charge in [0.05, 0.1) is 0 Å². The Balaban J connectivity index is 1.65. The fourth-order valence-corrected chi connectivity index (χ4v) is 3.73. The molecule has 2 N–H and O–H groups in total. The Morgan fingerprint density at radius 2 is 1.86 bits per heavy atom. The van der Waals surface area contributed by atoms with Crippen LogP contribution in [0.25, 0.3) is 0 Å². The molecule has 0 bridgehead atoms. The minimum atomic E-state index is 0.198. The molecule has 1 unspecified atom stereocenters. The molecular weight excluding hydrogens is 278 g/mol. The highest BCUT2D eigenvalue weighted by Crippen LogP contribution is 2.30. The molecule has 1 aromatic rings. The largest absolute Gasteiger partial charge is 0.369 e. The Bertz CT molecular complexity index is 469. The molecule has 1 aliphatic heterocycles. The summed E-state index contributed by atoms with van der Waals surface area (Å²) in [7, 11) is 0. The fraction of sp³-hybridized carbons (Fsp3) is 0.647. The molecule has 116 valence electrons. The average molecular weight is 305 g/mol. The molecule has 3 nitrogen and oxygen atoms in total. The molecule has 1 fully saturated rings. The monoisotopic (exact) mass is 305 g/mol. The Morgan fingerprint density at radius 1 is 1.10 bits per heavy atom. The van der Waals surface area contributed by atoms with Crippen LogP contribution >= 0.6 is 12.6 Å². The molecule has 1 aromatic carbocycles. The Hall–Kier alpha value is -0.710. The minimum Gasteiger partial charge on any atom is -0.369 e. The molecule has 0 amide bonds. The second-order valence-corrected chi connectivity index (χ2v) is 6.72. The van der Waals surface area contributed by atoms with Crippen LogP contribution in [0, 0.1) is 0 Å². The van der Waals surface area contributed by atoms with E-state index in [4.69, 9.17) is 5.73 Å². The van der Waals surface area contributed by atoms with Crippen LogP contribution in [0.15, 0.2) is 18.2 Å². The van der Waals surface area contributed by atoms with E-state index >= 15 is 0 Å². The van der Waals surface area contributed by atoms with E-state index in [-0.39, 0.29) is 6.04 Å². The van der Waals surface area contributed by atoms with Crippen LogP contribution in [0.4, 0.5) is 5.69 Å². The number of piperazine rings is 1. The smallest absolute Gasteiger partial charge is 0.0402 e. The Kier molecular flexibility index (Phi) is 5.09. The highest BCUT2D eigenvalue weighted by atomic mass is 32.1. The van der Waals surface area contributed by atoms with Crippen molar-refractivity contribution >= 4 is 18.3 Å². The first-order valence-corrected chi connectivity index (χ1v) is 8.85. The maximum absolute atomic E-state index is 6.01. The highest BCUT2D eigenvalue weighted by Gasteiger charge is 2.22. The lowest BCUT2D eigenvalue weighted by Gasteiger charge is -2.38. The first-order chi connectivity index (χ1) is 10.3. The lowest BCUT2D eigenvalue weighted by atomic mass is 9.90. The van der Waals surface area contributed by atoms with E-state index in [1.807, 2.05) is 0 Å². The van der Waals surface area contributed by atoms with Gasteiger partial charge in [0.15, 0.2) is 0 Å². The first-order valence-electron chi connectivity index (χ1n) is 8.22. The molecule has 0 spiro atoms. The predicted molar refractivity (Wildman–Crippen MR) is 93.6 cm³/mol. The molecule has 4 heteroatoms. The van der Waals surface area contributed by atoms with Gasteiger partial charge in [-0.05, 0) is 42.9 Å². The fourth-order valence-electron chi connectivity index (χ4n) is 3.62. The SMILES string of the molecule is NC(CS)CN1CCN(c2cccc3c2CCCC3)CC1. The Morgan fingerprint density at radius 3 is 2.62 bits per heavy atom. The number of anilines is 1. The minimum absolute atomic E-state index is 0.198. The summed E-state index contributed by atoms with van der Waals surface area (Å²) >= 11 is 4.28. The van der Waals surface area contributed by atoms with E-state index in [0.29, 0.717) is 0 Å². The van der Waals surface area contributed by atoms with Crippen molar-refractivity contribution < 1.29 is 0 Å². The number of thiol groups is 1. The number of hydrogen-bond acceptors (Lipinski definition) is 4. The van der Waals surface area contributed by atoms with Crippen molar-refractivity contribution in [1.82, 2.24) is 4.90 Å². The molecule has 0 saturated carbocycles. The summed E-state index contributed by atoms with van der Waals surface area (Å²) in [5.74, 6) is 0.770. The summed E-state index contributed by atoms with van der Waals surface area (Å²) in [6.07, 6.45) is 5.23. The van der Waals surface area contributed by atoms with E-state index in [9.17, 15) is 0 Å². The molecule has 0 radical (unpaired) electrons. The normalized spacial score (nSPS) is 21.1. The van der Waals surface area contributed by atoms with Gasteiger partial charge in [-0.15, -0.1) is 0 Å². The molecule has 1 aliphatic carbocycles. The van der Waals surface area contributed by atoms with Gasteiger partial charge in [-0.3, -0.25) is 4.90 Å². The van der Waals surface area contributed by atoms with Crippen molar-refractivity contribution in [2.45, 2.75) is 31.7 Å². The molecule has 2 aliphatic rings. The van der Waals surface area contributed by atoms with E-state index < -0.39 is 0 Å². The van der Waals surface area contributed by atoms with Crippen molar-refractivity contribution in [3.05, 3.63) is 29.3 Å². The van der Waals surface area contributed by atoms with Gasteiger partial charge in [0.25, 0.3) is 0 Å². The summed E-state index contributed by atoms with van der Waals surface area (Å²) < 4.78 is 0. The van der Waals surface area contributed by atoms with Crippen molar-refractivity contribution in [1.29, 1.82) is 0 Å². The van der Waals surface area contributed by atoms with Gasteiger partial charge in [-0.1, -0.05) is 12.1 Å². The van der Waals surface area contributed by atoms with Crippen LogP contribution in [0.1, 0.15) is 24.0 Å². The molecular formula is C17H27N3S. The van der Waals surface area contributed by atoms with Crippen molar-refractivity contribution in [3.63, 3.8) is 0 Å². The van der Waals surface area contributed by atoms with E-state index in [2.05, 4.69) is 40.6 Å². The second kappa shape index (κ2) is 7.03. The van der Waals surface area contributed by atoms with Gasteiger partial charge in [0, 0.05) is 50.2 Å². The zero-order valence-electron chi connectivity index (χ0n) is 12.8. The maximum atomic E-state index is 6.01. The predicted octanol–water partition coefficient (Wildman–Crippen LogP) is 1.94. The highest BCUT2D eigenvalue weighted by molar-refractivity contribution is 7.80. The third-order valence-corrected chi connectivity index (χ3v) is 5.28. The van der Waals surface area contributed by atoms with Crippen LogP contribution in [0.3, 0.4) is 0 Å². The third-order valence-electron chi connectivity index (χ3n) is 4.81. The van der Waals surface area contributed by atoms with E-state index in [0.717, 1.165) is 38.5 Å².